The second-order valence-electron chi connectivity index (χ2n) is 5.79. The van der Waals surface area contributed by atoms with Gasteiger partial charge in [0.1, 0.15) is 6.29 Å². The predicted octanol–water partition coefficient (Wildman–Crippen LogP) is 0.956. The van der Waals surface area contributed by atoms with E-state index in [1.54, 1.807) is 0 Å². The molecule has 2 aromatic rings. The molecule has 2 fully saturated rings. The fraction of sp³-hybridized carbons (Fsp3) is 0.400. The molecule has 0 amide bonds. The summed E-state index contributed by atoms with van der Waals surface area (Å²) in [6.07, 6.45) is 1.61. The van der Waals surface area contributed by atoms with E-state index in [0.717, 1.165) is 55.3 Å². The van der Waals surface area contributed by atoms with E-state index in [0.29, 0.717) is 0 Å². The first kappa shape index (κ1) is 24.9. The Balaban J connectivity index is 0.000000252. The maximum atomic E-state index is 5.46. The summed E-state index contributed by atoms with van der Waals surface area (Å²) in [6, 6.07) is 18.6. The Kier molecular flexibility index (Phi) is 12.9. The van der Waals surface area contributed by atoms with Crippen LogP contribution in [0.5, 0.6) is 0 Å². The third-order valence-electron chi connectivity index (χ3n) is 3.80. The average molecular weight is 464 g/mol. The van der Waals surface area contributed by atoms with Crippen molar-refractivity contribution in [2.24, 2.45) is 0 Å². The molecule has 2 aliphatic heterocycles. The van der Waals surface area contributed by atoms with Gasteiger partial charge in [-0.1, -0.05) is 12.1 Å². The summed E-state index contributed by atoms with van der Waals surface area (Å²) < 4.78 is 21.8. The van der Waals surface area contributed by atoms with Gasteiger partial charge >= 0.3 is 23.1 Å². The second-order valence-corrected chi connectivity index (χ2v) is 6.30. The Morgan fingerprint density at radius 2 is 1.37 bits per heavy atom. The fourth-order valence-electron chi connectivity index (χ4n) is 2.59. The van der Waals surface area contributed by atoms with Gasteiger partial charge in [-0.3, -0.25) is 0 Å². The van der Waals surface area contributed by atoms with Crippen LogP contribution in [0.25, 0.3) is 0 Å². The molecule has 2 aliphatic rings. The van der Waals surface area contributed by atoms with E-state index in [9.17, 15) is 0 Å². The van der Waals surface area contributed by atoms with Gasteiger partial charge < -0.3 is 35.9 Å². The molecule has 4 rings (SSSR count). The zero-order valence-corrected chi connectivity index (χ0v) is 19.1. The van der Waals surface area contributed by atoms with Gasteiger partial charge in [-0.05, 0) is 25.0 Å². The first-order valence-electron chi connectivity index (χ1n) is 8.54. The zero-order chi connectivity index (χ0) is 17.3. The van der Waals surface area contributed by atoms with Crippen molar-refractivity contribution in [3.63, 3.8) is 0 Å². The van der Waals surface area contributed by atoms with Crippen LogP contribution in [0, 0.1) is 6.07 Å². The van der Waals surface area contributed by atoms with Crippen molar-refractivity contribution in [2.45, 2.75) is 30.3 Å². The van der Waals surface area contributed by atoms with E-state index in [2.05, 4.69) is 18.7 Å². The van der Waals surface area contributed by atoms with Crippen LogP contribution in [0.3, 0.4) is 0 Å². The third kappa shape index (κ3) is 8.41. The van der Waals surface area contributed by atoms with Crippen molar-refractivity contribution < 1.29 is 35.9 Å². The van der Waals surface area contributed by atoms with Gasteiger partial charge in [0.2, 0.25) is 0 Å². The first-order chi connectivity index (χ1) is 12.3. The molecule has 2 aromatic carbocycles. The van der Waals surface area contributed by atoms with Gasteiger partial charge in [-0.25, -0.2) is 0 Å². The summed E-state index contributed by atoms with van der Waals surface area (Å²) in [5.74, 6) is 0. The molecule has 4 nitrogen and oxygen atoms in total. The Morgan fingerprint density at radius 3 is 1.89 bits per heavy atom. The minimum absolute atomic E-state index is 0. The summed E-state index contributed by atoms with van der Waals surface area (Å²) >= 11 is 4.26. The normalized spacial score (nSPS) is 17.7. The minimum Gasteiger partial charge on any atom is -1.00 e. The summed E-state index contributed by atoms with van der Waals surface area (Å²) in [6.45, 7) is 3.14. The van der Waals surface area contributed by atoms with Gasteiger partial charge in [0.15, 0.2) is 6.29 Å². The zero-order valence-electron chi connectivity index (χ0n) is 15.2. The number of hydrogen-bond donors (Lipinski definition) is 1. The number of thiol groups is 1. The van der Waals surface area contributed by atoms with Gasteiger partial charge in [0.25, 0.3) is 0 Å². The molecule has 27 heavy (non-hydrogen) atoms. The van der Waals surface area contributed by atoms with Crippen molar-refractivity contribution in [1.29, 1.82) is 0 Å². The maximum Gasteiger partial charge on any atom is 2.00 e. The van der Waals surface area contributed by atoms with E-state index in [1.165, 1.54) is 0 Å². The molecule has 0 spiro atoms. The van der Waals surface area contributed by atoms with Gasteiger partial charge in [0.05, 0.1) is 26.4 Å². The monoisotopic (exact) mass is 462 g/mol. The first-order valence-corrected chi connectivity index (χ1v) is 8.99. The molecule has 142 valence electrons. The van der Waals surface area contributed by atoms with Gasteiger partial charge in [-0.15, -0.1) is 18.2 Å². The number of rotatable bonds is 2. The SMILES string of the molecule is Sc1cccc(C2OCCCO2)c1.[Br-].[Mg+2].[c-]1cccc(C2OCCCO2)c1. The largest absolute Gasteiger partial charge is 2.00 e. The molecule has 7 heteroatoms. The van der Waals surface area contributed by atoms with E-state index in [-0.39, 0.29) is 52.6 Å². The molecule has 0 N–H and O–H groups in total. The molecule has 0 aromatic heterocycles. The molecular formula is C20H23BrMgO4S. The van der Waals surface area contributed by atoms with E-state index in [1.807, 2.05) is 48.5 Å². The van der Waals surface area contributed by atoms with Crippen LogP contribution >= 0.6 is 12.6 Å². The van der Waals surface area contributed by atoms with Gasteiger partial charge in [-0.2, -0.15) is 30.3 Å². The van der Waals surface area contributed by atoms with Crippen LogP contribution in [-0.2, 0) is 18.9 Å². The number of hydrogen-bond acceptors (Lipinski definition) is 5. The van der Waals surface area contributed by atoms with E-state index in [4.69, 9.17) is 18.9 Å². The summed E-state index contributed by atoms with van der Waals surface area (Å²) in [5.41, 5.74) is 2.10. The van der Waals surface area contributed by atoms with Crippen molar-refractivity contribution >= 4 is 35.7 Å². The van der Waals surface area contributed by atoms with Crippen LogP contribution in [0.4, 0.5) is 0 Å². The Bertz CT molecular complexity index is 635. The smallest absolute Gasteiger partial charge is 1.00 e. The van der Waals surface area contributed by atoms with Crippen LogP contribution < -0.4 is 17.0 Å². The summed E-state index contributed by atoms with van der Waals surface area (Å²) in [7, 11) is 0. The van der Waals surface area contributed by atoms with Crippen molar-refractivity contribution in [3.8, 4) is 0 Å². The molecular weight excluding hydrogens is 440 g/mol. The Morgan fingerprint density at radius 1 is 0.815 bits per heavy atom. The fourth-order valence-corrected chi connectivity index (χ4v) is 2.82. The third-order valence-corrected chi connectivity index (χ3v) is 4.08. The average Bonchev–Trinajstić information content (AvgIpc) is 2.71. The molecule has 0 saturated carbocycles. The molecule has 2 heterocycles. The van der Waals surface area contributed by atoms with Crippen molar-refractivity contribution in [2.75, 3.05) is 26.4 Å². The van der Waals surface area contributed by atoms with Crippen LogP contribution in [-0.4, -0.2) is 49.5 Å². The molecule has 2 saturated heterocycles. The van der Waals surface area contributed by atoms with Crippen molar-refractivity contribution in [3.05, 3.63) is 65.7 Å². The van der Waals surface area contributed by atoms with Crippen molar-refractivity contribution in [1.82, 2.24) is 0 Å². The Hall–Kier alpha value is -0.124. The predicted molar refractivity (Wildman–Crippen MR) is 103 cm³/mol. The van der Waals surface area contributed by atoms with E-state index >= 15 is 0 Å². The molecule has 0 aliphatic carbocycles. The van der Waals surface area contributed by atoms with Crippen LogP contribution in [0.1, 0.15) is 36.5 Å². The quantitative estimate of drug-likeness (QED) is 0.409. The summed E-state index contributed by atoms with van der Waals surface area (Å²) in [5, 5.41) is 0. The molecule has 0 unspecified atom stereocenters. The molecule has 0 radical (unpaired) electrons. The van der Waals surface area contributed by atoms with E-state index < -0.39 is 0 Å². The second kappa shape index (κ2) is 14.0. The summed E-state index contributed by atoms with van der Waals surface area (Å²) in [4.78, 5) is 0.940. The topological polar surface area (TPSA) is 36.9 Å². The number of halogens is 1. The standard InChI is InChI=1S/C10H12O2S.C10H11O2.BrH.Mg/c13-9-4-1-3-8(7-9)10-11-5-2-6-12-10;1-2-5-9(6-3-1)10-11-7-4-8-12-10;;/h1,3-4,7,10,13H,2,5-6H2;1-2,5-6,10H,4,7-8H2;1H;/q;-1;;+2/p-1. The van der Waals surface area contributed by atoms with Gasteiger partial charge in [0, 0.05) is 10.5 Å². The van der Waals surface area contributed by atoms with Crippen LogP contribution in [0.15, 0.2) is 53.4 Å². The number of ether oxygens (including phenoxy) is 4. The number of benzene rings is 2. The Labute approximate surface area is 193 Å². The molecule has 0 atom stereocenters. The molecule has 0 bridgehead atoms. The van der Waals surface area contributed by atoms with Crippen LogP contribution in [0.2, 0.25) is 0 Å². The minimum atomic E-state index is -0.194. The maximum absolute atomic E-state index is 5.46.